The standard InChI is InChI=1S/C24H32ClN3O6S/c1-16(2)26-24(30)17(3)27(14-18-7-9-19(25)10-8-18)23(29)15-28(35(6,31)32)21-13-20(33-4)11-12-22(21)34-5/h7-13,16-17H,14-15H2,1-6H3,(H,26,30). The molecule has 2 rings (SSSR count). The molecule has 0 aliphatic carbocycles. The van der Waals surface area contributed by atoms with E-state index in [1.165, 1.54) is 25.2 Å². The van der Waals surface area contributed by atoms with Crippen LogP contribution in [0.15, 0.2) is 42.5 Å². The fourth-order valence-corrected chi connectivity index (χ4v) is 4.33. The topological polar surface area (TPSA) is 105 Å². The third kappa shape index (κ3) is 7.76. The van der Waals surface area contributed by atoms with Gasteiger partial charge in [0.15, 0.2) is 0 Å². The molecule has 0 fully saturated rings. The van der Waals surface area contributed by atoms with E-state index in [9.17, 15) is 18.0 Å². The van der Waals surface area contributed by atoms with Gasteiger partial charge in [0.05, 0.1) is 26.2 Å². The molecule has 9 nitrogen and oxygen atoms in total. The maximum absolute atomic E-state index is 13.6. The van der Waals surface area contributed by atoms with Crippen LogP contribution in [0.1, 0.15) is 26.3 Å². The molecule has 0 saturated carbocycles. The molecule has 1 unspecified atom stereocenters. The zero-order valence-electron chi connectivity index (χ0n) is 20.7. The molecule has 0 saturated heterocycles. The number of sulfonamides is 1. The Balaban J connectivity index is 2.47. The normalized spacial score (nSPS) is 12.1. The van der Waals surface area contributed by atoms with Gasteiger partial charge in [-0.2, -0.15) is 0 Å². The number of hydrogen-bond acceptors (Lipinski definition) is 6. The number of nitrogens with one attached hydrogen (secondary N) is 1. The monoisotopic (exact) mass is 525 g/mol. The summed E-state index contributed by atoms with van der Waals surface area (Å²) in [5.41, 5.74) is 0.880. The van der Waals surface area contributed by atoms with E-state index in [1.807, 2.05) is 13.8 Å². The number of hydrogen-bond donors (Lipinski definition) is 1. The Hall–Kier alpha value is -2.98. The summed E-state index contributed by atoms with van der Waals surface area (Å²) in [6.45, 7) is 4.76. The van der Waals surface area contributed by atoms with Crippen molar-refractivity contribution in [2.75, 3.05) is 31.3 Å². The van der Waals surface area contributed by atoms with Crippen LogP contribution in [0, 0.1) is 0 Å². The molecule has 1 atom stereocenters. The van der Waals surface area contributed by atoms with E-state index >= 15 is 0 Å². The first-order chi connectivity index (χ1) is 16.4. The molecular weight excluding hydrogens is 494 g/mol. The molecule has 0 bridgehead atoms. The summed E-state index contributed by atoms with van der Waals surface area (Å²) in [5, 5.41) is 3.33. The maximum Gasteiger partial charge on any atom is 0.244 e. The van der Waals surface area contributed by atoms with Gasteiger partial charge in [-0.15, -0.1) is 0 Å². The van der Waals surface area contributed by atoms with Crippen molar-refractivity contribution < 1.29 is 27.5 Å². The number of benzene rings is 2. The predicted molar refractivity (Wildman–Crippen MR) is 136 cm³/mol. The van der Waals surface area contributed by atoms with Crippen molar-refractivity contribution in [3.8, 4) is 11.5 Å². The molecule has 35 heavy (non-hydrogen) atoms. The zero-order chi connectivity index (χ0) is 26.3. The van der Waals surface area contributed by atoms with Gasteiger partial charge in [0.25, 0.3) is 0 Å². The van der Waals surface area contributed by atoms with Crippen molar-refractivity contribution in [1.82, 2.24) is 10.2 Å². The summed E-state index contributed by atoms with van der Waals surface area (Å²) in [7, 11) is -1.06. The molecule has 2 amide bonds. The summed E-state index contributed by atoms with van der Waals surface area (Å²) in [6.07, 6.45) is 0.998. The van der Waals surface area contributed by atoms with Gasteiger partial charge in [-0.1, -0.05) is 23.7 Å². The van der Waals surface area contributed by atoms with Crippen molar-refractivity contribution in [3.63, 3.8) is 0 Å². The van der Waals surface area contributed by atoms with Gasteiger partial charge < -0.3 is 19.7 Å². The van der Waals surface area contributed by atoms with Crippen LogP contribution in [-0.2, 0) is 26.2 Å². The summed E-state index contributed by atoms with van der Waals surface area (Å²) < 4.78 is 37.0. The number of amides is 2. The van der Waals surface area contributed by atoms with Crippen molar-refractivity contribution in [2.45, 2.75) is 39.4 Å². The van der Waals surface area contributed by atoms with Gasteiger partial charge in [0.1, 0.15) is 24.1 Å². The molecular formula is C24H32ClN3O6S. The summed E-state index contributed by atoms with van der Waals surface area (Å²) in [5.74, 6) is -0.280. The number of halogens is 1. The molecule has 11 heteroatoms. The van der Waals surface area contributed by atoms with Gasteiger partial charge >= 0.3 is 0 Å². The largest absolute Gasteiger partial charge is 0.497 e. The second-order valence-electron chi connectivity index (χ2n) is 8.29. The molecule has 0 spiro atoms. The Bertz CT molecular complexity index is 1140. The van der Waals surface area contributed by atoms with Crippen LogP contribution in [-0.4, -0.2) is 64.2 Å². The fraction of sp³-hybridized carbons (Fsp3) is 0.417. The van der Waals surface area contributed by atoms with Gasteiger partial charge in [0.2, 0.25) is 21.8 Å². The van der Waals surface area contributed by atoms with Crippen LogP contribution in [0.2, 0.25) is 5.02 Å². The number of anilines is 1. The van der Waals surface area contributed by atoms with Gasteiger partial charge in [-0.3, -0.25) is 13.9 Å². The third-order valence-corrected chi connectivity index (χ3v) is 6.58. The Kier molecular flexibility index (Phi) is 9.79. The molecule has 0 heterocycles. The van der Waals surface area contributed by atoms with E-state index in [2.05, 4.69) is 5.32 Å². The van der Waals surface area contributed by atoms with Gasteiger partial charge in [-0.05, 0) is 50.6 Å². The average Bonchev–Trinajstić information content (AvgIpc) is 2.79. The van der Waals surface area contributed by atoms with Crippen LogP contribution in [0.3, 0.4) is 0 Å². The Morgan fingerprint density at radius 3 is 2.17 bits per heavy atom. The molecule has 2 aromatic rings. The highest BCUT2D eigenvalue weighted by Crippen LogP contribution is 2.34. The van der Waals surface area contributed by atoms with Crippen molar-refractivity contribution in [3.05, 3.63) is 53.1 Å². The first-order valence-corrected chi connectivity index (χ1v) is 13.1. The molecule has 0 aromatic heterocycles. The highest BCUT2D eigenvalue weighted by molar-refractivity contribution is 7.92. The smallest absolute Gasteiger partial charge is 0.244 e. The SMILES string of the molecule is COc1ccc(OC)c(N(CC(=O)N(Cc2ccc(Cl)cc2)C(C)C(=O)NC(C)C)S(C)(=O)=O)c1. The van der Waals surface area contributed by atoms with Crippen molar-refractivity contribution in [2.24, 2.45) is 0 Å². The lowest BCUT2D eigenvalue weighted by Crippen LogP contribution is -2.52. The second-order valence-corrected chi connectivity index (χ2v) is 10.6. The predicted octanol–water partition coefficient (Wildman–Crippen LogP) is 3.07. The number of methoxy groups -OCH3 is 2. The maximum atomic E-state index is 13.6. The first-order valence-electron chi connectivity index (χ1n) is 10.9. The third-order valence-electron chi connectivity index (χ3n) is 5.20. The average molecular weight is 526 g/mol. The lowest BCUT2D eigenvalue weighted by Gasteiger charge is -2.32. The highest BCUT2D eigenvalue weighted by Gasteiger charge is 2.31. The number of nitrogens with zero attached hydrogens (tertiary/aromatic N) is 2. The lowest BCUT2D eigenvalue weighted by atomic mass is 10.1. The van der Waals surface area contributed by atoms with Crippen LogP contribution in [0.25, 0.3) is 0 Å². The summed E-state index contributed by atoms with van der Waals surface area (Å²) in [6, 6.07) is 10.5. The van der Waals surface area contributed by atoms with E-state index in [-0.39, 0.29) is 29.9 Å². The second kappa shape index (κ2) is 12.1. The van der Waals surface area contributed by atoms with Crippen LogP contribution >= 0.6 is 11.6 Å². The minimum Gasteiger partial charge on any atom is -0.497 e. The lowest BCUT2D eigenvalue weighted by molar-refractivity contribution is -0.139. The van der Waals surface area contributed by atoms with Gasteiger partial charge in [-0.25, -0.2) is 8.42 Å². The fourth-order valence-electron chi connectivity index (χ4n) is 3.36. The van der Waals surface area contributed by atoms with Gasteiger partial charge in [0, 0.05) is 23.7 Å². The highest BCUT2D eigenvalue weighted by atomic mass is 35.5. The first kappa shape index (κ1) is 28.3. The minimum absolute atomic E-state index is 0.0789. The van der Waals surface area contributed by atoms with Crippen molar-refractivity contribution >= 4 is 39.1 Å². The zero-order valence-corrected chi connectivity index (χ0v) is 22.3. The number of rotatable bonds is 11. The van der Waals surface area contributed by atoms with Crippen molar-refractivity contribution in [1.29, 1.82) is 0 Å². The summed E-state index contributed by atoms with van der Waals surface area (Å²) >= 11 is 5.98. The quantitative estimate of drug-likeness (QED) is 0.483. The van der Waals surface area contributed by atoms with Crippen LogP contribution < -0.4 is 19.1 Å². The Morgan fingerprint density at radius 2 is 1.66 bits per heavy atom. The number of carbonyl (C=O) groups is 2. The van der Waals surface area contributed by atoms with E-state index < -0.39 is 28.5 Å². The van der Waals surface area contributed by atoms with Crippen LogP contribution in [0.5, 0.6) is 11.5 Å². The molecule has 0 aliphatic heterocycles. The van der Waals surface area contributed by atoms with E-state index in [0.717, 1.165) is 16.1 Å². The Morgan fingerprint density at radius 1 is 1.03 bits per heavy atom. The minimum atomic E-state index is -3.92. The van der Waals surface area contributed by atoms with E-state index in [1.54, 1.807) is 43.3 Å². The van der Waals surface area contributed by atoms with E-state index in [4.69, 9.17) is 21.1 Å². The van der Waals surface area contributed by atoms with Crippen LogP contribution in [0.4, 0.5) is 5.69 Å². The molecule has 192 valence electrons. The molecule has 2 aromatic carbocycles. The molecule has 1 N–H and O–H groups in total. The molecule has 0 aliphatic rings. The number of carbonyl (C=O) groups excluding carboxylic acids is 2. The summed E-state index contributed by atoms with van der Waals surface area (Å²) in [4.78, 5) is 27.7. The molecule has 0 radical (unpaired) electrons. The van der Waals surface area contributed by atoms with E-state index in [0.29, 0.717) is 10.8 Å². The number of ether oxygens (including phenoxy) is 2. The Labute approximate surface area is 212 Å².